The van der Waals surface area contributed by atoms with Crippen LogP contribution in [-0.4, -0.2) is 20.5 Å². The molecule has 0 radical (unpaired) electrons. The van der Waals surface area contributed by atoms with Crippen molar-refractivity contribution in [3.8, 4) is 0 Å². The predicted octanol–water partition coefficient (Wildman–Crippen LogP) is 1.93. The maximum atomic E-state index is 12.9. The van der Waals surface area contributed by atoms with Gasteiger partial charge in [-0.2, -0.15) is 0 Å². The minimum absolute atomic E-state index is 0.361. The number of carbonyl (C=O) groups is 1. The predicted molar refractivity (Wildman–Crippen MR) is 48.5 cm³/mol. The van der Waals surface area contributed by atoms with E-state index in [1.54, 1.807) is 0 Å². The van der Waals surface area contributed by atoms with E-state index in [9.17, 15) is 9.18 Å². The Labute approximate surface area is 81.4 Å². The average molecular weight is 198 g/mol. The third kappa shape index (κ3) is 2.16. The Morgan fingerprint density at radius 2 is 2.00 bits per heavy atom. The molecule has 0 saturated carbocycles. The smallest absolute Gasteiger partial charge is 0.183 e. The third-order valence-corrected chi connectivity index (χ3v) is 1.86. The zero-order valence-electron chi connectivity index (χ0n) is 7.99. The number of hydrogen-bond acceptors (Lipinski definition) is 3. The molecule has 1 aromatic rings. The van der Waals surface area contributed by atoms with Gasteiger partial charge >= 0.3 is 0 Å². The Balaban J connectivity index is 3.14. The van der Waals surface area contributed by atoms with Gasteiger partial charge in [-0.05, 0) is 18.2 Å². The molecule has 0 atom stereocenters. The van der Waals surface area contributed by atoms with E-state index in [-0.39, 0.29) is 0 Å². The molecule has 76 valence electrons. The van der Waals surface area contributed by atoms with Gasteiger partial charge in [0.05, 0.1) is 0 Å². The standard InChI is InChI=1S/C10H11FO3/c1-13-10(14-2)9-5-8(11)4-3-7(9)6-12/h3-6,10H,1-2H3. The van der Waals surface area contributed by atoms with Crippen molar-refractivity contribution in [1.82, 2.24) is 0 Å². The van der Waals surface area contributed by atoms with Crippen LogP contribution < -0.4 is 0 Å². The van der Waals surface area contributed by atoms with Crippen LogP contribution in [0.15, 0.2) is 18.2 Å². The largest absolute Gasteiger partial charge is 0.352 e. The van der Waals surface area contributed by atoms with E-state index in [1.807, 2.05) is 0 Å². The number of halogens is 1. The first kappa shape index (κ1) is 10.8. The lowest BCUT2D eigenvalue weighted by Crippen LogP contribution is -2.07. The SMILES string of the molecule is COC(OC)c1cc(F)ccc1C=O. The minimum atomic E-state index is -0.717. The van der Waals surface area contributed by atoms with Crippen molar-refractivity contribution >= 4 is 6.29 Å². The van der Waals surface area contributed by atoms with Gasteiger partial charge in [-0.1, -0.05) is 0 Å². The van der Waals surface area contributed by atoms with Crippen LogP contribution in [0.25, 0.3) is 0 Å². The molecule has 0 aliphatic carbocycles. The van der Waals surface area contributed by atoms with Crippen molar-refractivity contribution in [2.24, 2.45) is 0 Å². The molecule has 3 nitrogen and oxygen atoms in total. The van der Waals surface area contributed by atoms with Crippen LogP contribution in [0.3, 0.4) is 0 Å². The van der Waals surface area contributed by atoms with Crippen LogP contribution in [0.1, 0.15) is 22.2 Å². The summed E-state index contributed by atoms with van der Waals surface area (Å²) in [6.07, 6.45) is -0.0781. The van der Waals surface area contributed by atoms with E-state index in [1.165, 1.54) is 32.4 Å². The molecule has 14 heavy (non-hydrogen) atoms. The molecule has 4 heteroatoms. The maximum absolute atomic E-state index is 12.9. The van der Waals surface area contributed by atoms with E-state index < -0.39 is 12.1 Å². The summed E-state index contributed by atoms with van der Waals surface area (Å²) >= 11 is 0. The molecule has 0 heterocycles. The van der Waals surface area contributed by atoms with E-state index in [4.69, 9.17) is 9.47 Å². The summed E-state index contributed by atoms with van der Waals surface area (Å²) in [6.45, 7) is 0. The molecule has 1 rings (SSSR count). The number of methoxy groups -OCH3 is 2. The van der Waals surface area contributed by atoms with Crippen molar-refractivity contribution in [2.45, 2.75) is 6.29 Å². The highest BCUT2D eigenvalue weighted by molar-refractivity contribution is 5.77. The molecule has 0 amide bonds. The quantitative estimate of drug-likeness (QED) is 0.547. The number of ether oxygens (including phenoxy) is 2. The lowest BCUT2D eigenvalue weighted by atomic mass is 10.1. The number of benzene rings is 1. The molecule has 0 N–H and O–H groups in total. The number of hydrogen-bond donors (Lipinski definition) is 0. The van der Waals surface area contributed by atoms with Crippen molar-refractivity contribution in [1.29, 1.82) is 0 Å². The van der Waals surface area contributed by atoms with Gasteiger partial charge < -0.3 is 9.47 Å². The summed E-state index contributed by atoms with van der Waals surface area (Å²) in [4.78, 5) is 10.6. The normalized spacial score (nSPS) is 10.6. The molecular weight excluding hydrogens is 187 g/mol. The molecule has 0 spiro atoms. The van der Waals surface area contributed by atoms with Crippen LogP contribution in [0.4, 0.5) is 4.39 Å². The van der Waals surface area contributed by atoms with Gasteiger partial charge in [-0.25, -0.2) is 4.39 Å². The van der Waals surface area contributed by atoms with Crippen LogP contribution in [0.2, 0.25) is 0 Å². The number of rotatable bonds is 4. The molecule has 0 unspecified atom stereocenters. The van der Waals surface area contributed by atoms with Crippen LogP contribution in [0, 0.1) is 5.82 Å². The van der Waals surface area contributed by atoms with Gasteiger partial charge in [0.15, 0.2) is 12.6 Å². The second-order valence-electron chi connectivity index (χ2n) is 2.69. The molecule has 0 saturated heterocycles. The molecular formula is C10H11FO3. The average Bonchev–Trinajstić information content (AvgIpc) is 2.20. The third-order valence-electron chi connectivity index (χ3n) is 1.86. The fraction of sp³-hybridized carbons (Fsp3) is 0.300. The minimum Gasteiger partial charge on any atom is -0.352 e. The second-order valence-corrected chi connectivity index (χ2v) is 2.69. The molecule has 1 aromatic carbocycles. The summed E-state index contributed by atoms with van der Waals surface area (Å²) in [5.74, 6) is -0.426. The highest BCUT2D eigenvalue weighted by atomic mass is 19.1. The Morgan fingerprint density at radius 3 is 2.50 bits per heavy atom. The van der Waals surface area contributed by atoms with Gasteiger partial charge in [0.2, 0.25) is 0 Å². The highest BCUT2D eigenvalue weighted by Gasteiger charge is 2.14. The molecule has 0 aliphatic rings. The summed E-state index contributed by atoms with van der Waals surface area (Å²) < 4.78 is 22.8. The summed E-state index contributed by atoms with van der Waals surface area (Å²) in [5, 5.41) is 0. The van der Waals surface area contributed by atoms with Crippen molar-refractivity contribution in [3.63, 3.8) is 0 Å². The van der Waals surface area contributed by atoms with E-state index in [2.05, 4.69) is 0 Å². The van der Waals surface area contributed by atoms with E-state index in [0.29, 0.717) is 17.4 Å². The fourth-order valence-corrected chi connectivity index (χ4v) is 1.21. The molecule has 0 bridgehead atoms. The van der Waals surface area contributed by atoms with Crippen LogP contribution in [-0.2, 0) is 9.47 Å². The van der Waals surface area contributed by atoms with Crippen LogP contribution >= 0.6 is 0 Å². The lowest BCUT2D eigenvalue weighted by molar-refractivity contribution is -0.106. The number of carbonyl (C=O) groups excluding carboxylic acids is 1. The Kier molecular flexibility index (Phi) is 3.73. The fourth-order valence-electron chi connectivity index (χ4n) is 1.21. The van der Waals surface area contributed by atoms with Gasteiger partial charge in [-0.3, -0.25) is 4.79 Å². The lowest BCUT2D eigenvalue weighted by Gasteiger charge is -2.15. The maximum Gasteiger partial charge on any atom is 0.183 e. The first-order valence-corrected chi connectivity index (χ1v) is 4.03. The first-order chi connectivity index (χ1) is 6.72. The van der Waals surface area contributed by atoms with Crippen molar-refractivity contribution in [2.75, 3.05) is 14.2 Å². The van der Waals surface area contributed by atoms with Gasteiger partial charge in [0.25, 0.3) is 0 Å². The molecule has 0 fully saturated rings. The second kappa shape index (κ2) is 4.83. The zero-order valence-corrected chi connectivity index (χ0v) is 7.99. The van der Waals surface area contributed by atoms with Gasteiger partial charge in [-0.15, -0.1) is 0 Å². The Morgan fingerprint density at radius 1 is 1.36 bits per heavy atom. The van der Waals surface area contributed by atoms with E-state index in [0.717, 1.165) is 0 Å². The first-order valence-electron chi connectivity index (χ1n) is 4.03. The highest BCUT2D eigenvalue weighted by Crippen LogP contribution is 2.21. The molecule has 0 aromatic heterocycles. The zero-order chi connectivity index (χ0) is 10.6. The van der Waals surface area contributed by atoms with Gasteiger partial charge in [0.1, 0.15) is 5.82 Å². The Bertz CT molecular complexity index is 321. The van der Waals surface area contributed by atoms with Crippen molar-refractivity contribution < 1.29 is 18.7 Å². The summed E-state index contributed by atoms with van der Waals surface area (Å²) in [6, 6.07) is 3.83. The molecule has 0 aliphatic heterocycles. The van der Waals surface area contributed by atoms with E-state index >= 15 is 0 Å². The number of aldehydes is 1. The Hall–Kier alpha value is -1.26. The van der Waals surface area contributed by atoms with Gasteiger partial charge in [0, 0.05) is 25.3 Å². The topological polar surface area (TPSA) is 35.5 Å². The monoisotopic (exact) mass is 198 g/mol. The summed E-state index contributed by atoms with van der Waals surface area (Å²) in [7, 11) is 2.85. The van der Waals surface area contributed by atoms with Crippen LogP contribution in [0.5, 0.6) is 0 Å². The summed E-state index contributed by atoms with van der Waals surface area (Å²) in [5.41, 5.74) is 0.755. The van der Waals surface area contributed by atoms with Crippen molar-refractivity contribution in [3.05, 3.63) is 35.1 Å².